The molecule has 0 heterocycles. The van der Waals surface area contributed by atoms with Gasteiger partial charge in [-0.15, -0.1) is 0 Å². The second-order valence-corrected chi connectivity index (χ2v) is 4.72. The van der Waals surface area contributed by atoms with Crippen LogP contribution in [0.4, 0.5) is 0 Å². The van der Waals surface area contributed by atoms with Crippen molar-refractivity contribution in [2.24, 2.45) is 10.9 Å². The van der Waals surface area contributed by atoms with Gasteiger partial charge in [0.1, 0.15) is 11.4 Å². The van der Waals surface area contributed by atoms with Gasteiger partial charge in [0.25, 0.3) is 0 Å². The maximum atomic E-state index is 8.74. The molecule has 0 amide bonds. The van der Waals surface area contributed by atoms with Crippen LogP contribution in [-0.2, 0) is 0 Å². The van der Waals surface area contributed by atoms with Gasteiger partial charge < -0.3 is 15.7 Å². The molecule has 0 saturated heterocycles. The van der Waals surface area contributed by atoms with Crippen LogP contribution in [0.3, 0.4) is 0 Å². The SMILES string of the molecule is CCC(C)(C)Oc1cccc(Cl)c1/C(N)=N/O. The van der Waals surface area contributed by atoms with E-state index >= 15 is 0 Å². The number of nitrogens with two attached hydrogens (primary N) is 1. The minimum atomic E-state index is -0.338. The molecule has 0 spiro atoms. The fraction of sp³-hybridized carbons (Fsp3) is 0.417. The van der Waals surface area contributed by atoms with Crippen LogP contribution in [0.1, 0.15) is 32.8 Å². The lowest BCUT2D eigenvalue weighted by atomic mass is 10.1. The summed E-state index contributed by atoms with van der Waals surface area (Å²) < 4.78 is 5.83. The minimum Gasteiger partial charge on any atom is -0.487 e. The predicted molar refractivity (Wildman–Crippen MR) is 69.0 cm³/mol. The Kier molecular flexibility index (Phi) is 4.23. The van der Waals surface area contributed by atoms with Gasteiger partial charge in [0, 0.05) is 0 Å². The molecule has 0 fully saturated rings. The van der Waals surface area contributed by atoms with Crippen LogP contribution < -0.4 is 10.5 Å². The molecule has 0 aromatic heterocycles. The molecule has 5 heteroatoms. The summed E-state index contributed by atoms with van der Waals surface area (Å²) in [4.78, 5) is 0. The van der Waals surface area contributed by atoms with Gasteiger partial charge in [-0.2, -0.15) is 0 Å². The topological polar surface area (TPSA) is 67.8 Å². The summed E-state index contributed by atoms with van der Waals surface area (Å²) >= 11 is 6.02. The van der Waals surface area contributed by atoms with Crippen LogP contribution in [0.15, 0.2) is 23.4 Å². The van der Waals surface area contributed by atoms with Crippen LogP contribution in [-0.4, -0.2) is 16.6 Å². The number of oxime groups is 1. The van der Waals surface area contributed by atoms with Crippen molar-refractivity contribution in [3.63, 3.8) is 0 Å². The molecule has 1 rings (SSSR count). The summed E-state index contributed by atoms with van der Waals surface area (Å²) in [5, 5.41) is 12.1. The Morgan fingerprint density at radius 3 is 2.71 bits per heavy atom. The first-order chi connectivity index (χ1) is 7.91. The first-order valence-electron chi connectivity index (χ1n) is 5.36. The summed E-state index contributed by atoms with van der Waals surface area (Å²) in [5.41, 5.74) is 5.67. The number of hydrogen-bond donors (Lipinski definition) is 2. The van der Waals surface area contributed by atoms with E-state index in [-0.39, 0.29) is 11.4 Å². The molecule has 94 valence electrons. The van der Waals surface area contributed by atoms with Gasteiger partial charge >= 0.3 is 0 Å². The number of amidine groups is 1. The molecule has 1 aromatic rings. The van der Waals surface area contributed by atoms with Crippen molar-refractivity contribution in [1.29, 1.82) is 0 Å². The third kappa shape index (κ3) is 3.27. The van der Waals surface area contributed by atoms with E-state index in [0.29, 0.717) is 16.3 Å². The summed E-state index contributed by atoms with van der Waals surface area (Å²) in [5.74, 6) is 0.456. The zero-order chi connectivity index (χ0) is 13.1. The smallest absolute Gasteiger partial charge is 0.175 e. The van der Waals surface area contributed by atoms with Crippen LogP contribution >= 0.6 is 11.6 Å². The minimum absolute atomic E-state index is 0.0579. The number of benzene rings is 1. The second-order valence-electron chi connectivity index (χ2n) is 4.31. The van der Waals surface area contributed by atoms with Gasteiger partial charge in [0.05, 0.1) is 10.6 Å². The molecule has 0 aliphatic carbocycles. The Hall–Kier alpha value is -1.42. The lowest BCUT2D eigenvalue weighted by Gasteiger charge is -2.26. The maximum absolute atomic E-state index is 8.74. The number of ether oxygens (including phenoxy) is 1. The van der Waals surface area contributed by atoms with Crippen molar-refractivity contribution in [3.05, 3.63) is 28.8 Å². The standard InChI is InChI=1S/C12H17ClN2O2/c1-4-12(2,3)17-9-7-5-6-8(13)10(9)11(14)15-16/h5-7,16H,4H2,1-3H3,(H2,14,15). The van der Waals surface area contributed by atoms with Crippen molar-refractivity contribution in [3.8, 4) is 5.75 Å². The molecule has 0 saturated carbocycles. The van der Waals surface area contributed by atoms with Gasteiger partial charge in [-0.1, -0.05) is 29.7 Å². The average molecular weight is 257 g/mol. The third-order valence-electron chi connectivity index (χ3n) is 2.58. The first-order valence-corrected chi connectivity index (χ1v) is 5.74. The van der Waals surface area contributed by atoms with Crippen LogP contribution in [0.2, 0.25) is 5.02 Å². The molecule has 0 aliphatic heterocycles. The van der Waals surface area contributed by atoms with E-state index in [0.717, 1.165) is 6.42 Å². The zero-order valence-electron chi connectivity index (χ0n) is 10.2. The molecule has 0 radical (unpaired) electrons. The van der Waals surface area contributed by atoms with Gasteiger partial charge in [0.2, 0.25) is 0 Å². The van der Waals surface area contributed by atoms with E-state index in [9.17, 15) is 0 Å². The second kappa shape index (κ2) is 5.27. The first kappa shape index (κ1) is 13.6. The van der Waals surface area contributed by atoms with Gasteiger partial charge in [-0.25, -0.2) is 0 Å². The van der Waals surface area contributed by atoms with Gasteiger partial charge in [-0.05, 0) is 32.4 Å². The van der Waals surface area contributed by atoms with E-state index in [1.165, 1.54) is 0 Å². The summed E-state index contributed by atoms with van der Waals surface area (Å²) in [7, 11) is 0. The molecule has 3 N–H and O–H groups in total. The maximum Gasteiger partial charge on any atom is 0.175 e. The Labute approximate surface area is 106 Å². The van der Waals surface area contributed by atoms with E-state index in [4.69, 9.17) is 27.3 Å². The fourth-order valence-corrected chi connectivity index (χ4v) is 1.52. The molecule has 0 aliphatic rings. The molecule has 0 atom stereocenters. The van der Waals surface area contributed by atoms with Gasteiger partial charge in [0.15, 0.2) is 5.84 Å². The van der Waals surface area contributed by atoms with Crippen LogP contribution in [0, 0.1) is 0 Å². The monoisotopic (exact) mass is 256 g/mol. The van der Waals surface area contributed by atoms with Crippen molar-refractivity contribution < 1.29 is 9.94 Å². The van der Waals surface area contributed by atoms with E-state index < -0.39 is 0 Å². The zero-order valence-corrected chi connectivity index (χ0v) is 11.0. The lowest BCUT2D eigenvalue weighted by molar-refractivity contribution is 0.105. The average Bonchev–Trinajstić information content (AvgIpc) is 2.28. The highest BCUT2D eigenvalue weighted by Gasteiger charge is 2.21. The molecular weight excluding hydrogens is 240 g/mol. The molecule has 0 unspecified atom stereocenters. The summed E-state index contributed by atoms with van der Waals surface area (Å²) in [6, 6.07) is 5.18. The number of hydrogen-bond acceptors (Lipinski definition) is 3. The normalized spacial score (nSPS) is 12.6. The fourth-order valence-electron chi connectivity index (χ4n) is 1.26. The summed E-state index contributed by atoms with van der Waals surface area (Å²) in [6.07, 6.45) is 0.828. The highest BCUT2D eigenvalue weighted by Crippen LogP contribution is 2.29. The highest BCUT2D eigenvalue weighted by molar-refractivity contribution is 6.34. The molecule has 4 nitrogen and oxygen atoms in total. The Morgan fingerprint density at radius 2 is 2.18 bits per heavy atom. The van der Waals surface area contributed by atoms with E-state index in [1.54, 1.807) is 18.2 Å². The predicted octanol–water partition coefficient (Wildman–Crippen LogP) is 3.00. The largest absolute Gasteiger partial charge is 0.487 e. The highest BCUT2D eigenvalue weighted by atomic mass is 35.5. The van der Waals surface area contributed by atoms with Crippen LogP contribution in [0.25, 0.3) is 0 Å². The lowest BCUT2D eigenvalue weighted by Crippen LogP contribution is -2.28. The van der Waals surface area contributed by atoms with E-state index in [2.05, 4.69) is 5.16 Å². The van der Waals surface area contributed by atoms with Crippen LogP contribution in [0.5, 0.6) is 5.75 Å². The Balaban J connectivity index is 3.21. The molecular formula is C12H17ClN2O2. The van der Waals surface area contributed by atoms with Crippen molar-refractivity contribution in [2.45, 2.75) is 32.8 Å². The van der Waals surface area contributed by atoms with Crippen molar-refractivity contribution >= 4 is 17.4 Å². The van der Waals surface area contributed by atoms with Crippen molar-refractivity contribution in [1.82, 2.24) is 0 Å². The third-order valence-corrected chi connectivity index (χ3v) is 2.89. The summed E-state index contributed by atoms with van der Waals surface area (Å²) in [6.45, 7) is 5.95. The number of rotatable bonds is 4. The quantitative estimate of drug-likeness (QED) is 0.377. The molecule has 17 heavy (non-hydrogen) atoms. The number of halogens is 1. The van der Waals surface area contributed by atoms with Gasteiger partial charge in [-0.3, -0.25) is 0 Å². The Bertz CT molecular complexity index is 431. The molecule has 1 aromatic carbocycles. The Morgan fingerprint density at radius 1 is 1.53 bits per heavy atom. The van der Waals surface area contributed by atoms with E-state index in [1.807, 2.05) is 20.8 Å². The number of nitrogens with zero attached hydrogens (tertiary/aromatic N) is 1. The molecule has 0 bridgehead atoms. The van der Waals surface area contributed by atoms with Crippen molar-refractivity contribution in [2.75, 3.05) is 0 Å².